The van der Waals surface area contributed by atoms with Crippen molar-refractivity contribution in [2.75, 3.05) is 7.11 Å². The normalized spacial score (nSPS) is 45.4. The van der Waals surface area contributed by atoms with E-state index in [4.69, 9.17) is 18.9 Å². The van der Waals surface area contributed by atoms with E-state index in [1.165, 1.54) is 0 Å². The van der Waals surface area contributed by atoms with Gasteiger partial charge in [-0.2, -0.15) is 0 Å². The molecule has 2 aliphatic heterocycles. The molecular formula is C11H20O5. The summed E-state index contributed by atoms with van der Waals surface area (Å²) in [5.74, 6) is -0.727. The third-order valence-electron chi connectivity index (χ3n) is 3.09. The first-order valence-electron chi connectivity index (χ1n) is 5.51. The van der Waals surface area contributed by atoms with Crippen LogP contribution in [0.15, 0.2) is 0 Å². The first-order valence-corrected chi connectivity index (χ1v) is 5.51. The molecule has 1 N–H and O–H groups in total. The first kappa shape index (κ1) is 12.3. The largest absolute Gasteiger partial charge is 0.387 e. The van der Waals surface area contributed by atoms with E-state index in [2.05, 4.69) is 0 Å². The van der Waals surface area contributed by atoms with E-state index >= 15 is 0 Å². The van der Waals surface area contributed by atoms with Gasteiger partial charge < -0.3 is 24.1 Å². The highest BCUT2D eigenvalue weighted by Gasteiger charge is 2.57. The molecule has 0 amide bonds. The highest BCUT2D eigenvalue weighted by atomic mass is 16.8. The number of fused-ring (bicyclic) bond motifs is 1. The van der Waals surface area contributed by atoms with E-state index in [1.807, 2.05) is 13.8 Å². The van der Waals surface area contributed by atoms with Crippen LogP contribution < -0.4 is 0 Å². The number of methoxy groups -OCH3 is 1. The zero-order valence-corrected chi connectivity index (χ0v) is 10.4. The third kappa shape index (κ3) is 1.87. The van der Waals surface area contributed by atoms with Gasteiger partial charge in [0.05, 0.1) is 5.60 Å². The Balaban J connectivity index is 2.22. The van der Waals surface area contributed by atoms with Crippen molar-refractivity contribution in [2.45, 2.75) is 63.7 Å². The summed E-state index contributed by atoms with van der Waals surface area (Å²) in [4.78, 5) is 0. The van der Waals surface area contributed by atoms with E-state index in [0.29, 0.717) is 0 Å². The molecule has 94 valence electrons. The Bertz CT molecular complexity index is 276. The van der Waals surface area contributed by atoms with Gasteiger partial charge in [-0.1, -0.05) is 0 Å². The number of ether oxygens (including phenoxy) is 4. The lowest BCUT2D eigenvalue weighted by Gasteiger charge is -2.44. The van der Waals surface area contributed by atoms with Crippen LogP contribution in [0, 0.1) is 0 Å². The average Bonchev–Trinajstić information content (AvgIpc) is 2.39. The standard InChI is InChI=1S/C11H20O5/c1-10(2)8(13-5)6(12)7-9(15-10)16-11(3,4)14-7/h6-9,12H,1-5H3/t6-,7+,8+,9-/m0/s1. The molecule has 5 heteroatoms. The Hall–Kier alpha value is -0.200. The van der Waals surface area contributed by atoms with Crippen molar-refractivity contribution in [3.8, 4) is 0 Å². The molecule has 2 rings (SSSR count). The molecule has 0 unspecified atom stereocenters. The van der Waals surface area contributed by atoms with Crippen LogP contribution in [0.2, 0.25) is 0 Å². The molecule has 5 nitrogen and oxygen atoms in total. The van der Waals surface area contributed by atoms with Crippen LogP contribution in [0.3, 0.4) is 0 Å². The lowest BCUT2D eigenvalue weighted by molar-refractivity contribution is -0.287. The van der Waals surface area contributed by atoms with Crippen LogP contribution >= 0.6 is 0 Å². The summed E-state index contributed by atoms with van der Waals surface area (Å²) in [7, 11) is 1.56. The Labute approximate surface area is 95.6 Å². The Morgan fingerprint density at radius 1 is 1.06 bits per heavy atom. The van der Waals surface area contributed by atoms with E-state index in [0.717, 1.165) is 0 Å². The lowest BCUT2D eigenvalue weighted by Crippen LogP contribution is -2.61. The molecule has 0 spiro atoms. The SMILES string of the molecule is CO[C@@H]1[C@@H](O)[C@H]2OC(C)(C)O[C@@H]2OC1(C)C. The molecule has 4 atom stereocenters. The van der Waals surface area contributed by atoms with E-state index in [9.17, 15) is 5.11 Å². The molecule has 0 aromatic carbocycles. The minimum atomic E-state index is -0.750. The third-order valence-corrected chi connectivity index (χ3v) is 3.09. The molecule has 0 bridgehead atoms. The monoisotopic (exact) mass is 232 g/mol. The van der Waals surface area contributed by atoms with Crippen molar-refractivity contribution >= 4 is 0 Å². The summed E-state index contributed by atoms with van der Waals surface area (Å²) in [6, 6.07) is 0. The first-order chi connectivity index (χ1) is 7.27. The van der Waals surface area contributed by atoms with Gasteiger partial charge >= 0.3 is 0 Å². The summed E-state index contributed by atoms with van der Waals surface area (Å²) >= 11 is 0. The van der Waals surface area contributed by atoms with Crippen molar-refractivity contribution in [3.63, 3.8) is 0 Å². The maximum absolute atomic E-state index is 10.2. The van der Waals surface area contributed by atoms with Crippen molar-refractivity contribution in [2.24, 2.45) is 0 Å². The fourth-order valence-corrected chi connectivity index (χ4v) is 2.45. The van der Waals surface area contributed by atoms with Gasteiger partial charge in [0.25, 0.3) is 0 Å². The smallest absolute Gasteiger partial charge is 0.190 e. The lowest BCUT2D eigenvalue weighted by atomic mass is 9.90. The zero-order valence-electron chi connectivity index (χ0n) is 10.4. The molecule has 0 saturated carbocycles. The average molecular weight is 232 g/mol. The Kier molecular flexibility index (Phi) is 2.79. The van der Waals surface area contributed by atoms with Crippen LogP contribution in [0.1, 0.15) is 27.7 Å². The fourth-order valence-electron chi connectivity index (χ4n) is 2.45. The van der Waals surface area contributed by atoms with Gasteiger partial charge in [0.2, 0.25) is 0 Å². The zero-order chi connectivity index (χ0) is 12.1. The van der Waals surface area contributed by atoms with E-state index < -0.39 is 36.0 Å². The summed E-state index contributed by atoms with van der Waals surface area (Å²) < 4.78 is 22.3. The molecule has 2 heterocycles. The molecule has 0 aromatic rings. The van der Waals surface area contributed by atoms with Gasteiger partial charge in [-0.25, -0.2) is 0 Å². The van der Waals surface area contributed by atoms with Crippen LogP contribution in [-0.2, 0) is 18.9 Å². The summed E-state index contributed by atoms with van der Waals surface area (Å²) in [5.41, 5.74) is -0.598. The van der Waals surface area contributed by atoms with Crippen LogP contribution in [0.4, 0.5) is 0 Å². The molecule has 0 aliphatic carbocycles. The Morgan fingerprint density at radius 2 is 1.69 bits per heavy atom. The second-order valence-corrected chi connectivity index (χ2v) is 5.34. The molecular weight excluding hydrogens is 212 g/mol. The number of aliphatic hydroxyl groups is 1. The van der Waals surface area contributed by atoms with Gasteiger partial charge in [-0.15, -0.1) is 0 Å². The topological polar surface area (TPSA) is 57.2 Å². The van der Waals surface area contributed by atoms with Crippen molar-refractivity contribution < 1.29 is 24.1 Å². The number of hydrogen-bond donors (Lipinski definition) is 1. The maximum Gasteiger partial charge on any atom is 0.190 e. The number of aliphatic hydroxyl groups excluding tert-OH is 1. The van der Waals surface area contributed by atoms with Gasteiger partial charge in [0, 0.05) is 7.11 Å². The van der Waals surface area contributed by atoms with Gasteiger partial charge in [0.15, 0.2) is 12.1 Å². The molecule has 2 aliphatic rings. The Morgan fingerprint density at radius 3 is 2.25 bits per heavy atom. The van der Waals surface area contributed by atoms with Crippen molar-refractivity contribution in [3.05, 3.63) is 0 Å². The molecule has 0 radical (unpaired) electrons. The minimum absolute atomic E-state index is 0.425. The predicted octanol–water partition coefficient (Wildman–Crippen LogP) is 0.649. The quantitative estimate of drug-likeness (QED) is 0.719. The van der Waals surface area contributed by atoms with Crippen LogP contribution in [0.25, 0.3) is 0 Å². The van der Waals surface area contributed by atoms with E-state index in [1.54, 1.807) is 21.0 Å². The summed E-state index contributed by atoms with van der Waals surface area (Å²) in [6.45, 7) is 7.34. The van der Waals surface area contributed by atoms with Gasteiger partial charge in [0.1, 0.15) is 18.3 Å². The minimum Gasteiger partial charge on any atom is -0.387 e. The molecule has 2 saturated heterocycles. The fraction of sp³-hybridized carbons (Fsp3) is 1.00. The van der Waals surface area contributed by atoms with E-state index in [-0.39, 0.29) is 0 Å². The maximum atomic E-state index is 10.2. The van der Waals surface area contributed by atoms with Crippen LogP contribution in [-0.4, -0.2) is 48.2 Å². The highest BCUT2D eigenvalue weighted by molar-refractivity contribution is 4.99. The number of rotatable bonds is 1. The molecule has 2 fully saturated rings. The van der Waals surface area contributed by atoms with Gasteiger partial charge in [-0.05, 0) is 27.7 Å². The highest BCUT2D eigenvalue weighted by Crippen LogP contribution is 2.40. The van der Waals surface area contributed by atoms with Crippen molar-refractivity contribution in [1.29, 1.82) is 0 Å². The van der Waals surface area contributed by atoms with Crippen LogP contribution in [0.5, 0.6) is 0 Å². The summed E-state index contributed by atoms with van der Waals surface area (Å²) in [5, 5.41) is 10.2. The molecule has 0 aromatic heterocycles. The number of hydrogen-bond acceptors (Lipinski definition) is 5. The van der Waals surface area contributed by atoms with Crippen molar-refractivity contribution in [1.82, 2.24) is 0 Å². The van der Waals surface area contributed by atoms with Gasteiger partial charge in [-0.3, -0.25) is 0 Å². The summed E-state index contributed by atoms with van der Waals surface area (Å²) in [6.07, 6.45) is -2.20. The molecule has 16 heavy (non-hydrogen) atoms. The predicted molar refractivity (Wildman–Crippen MR) is 55.8 cm³/mol. The second kappa shape index (κ2) is 3.65. The second-order valence-electron chi connectivity index (χ2n) is 5.34.